The summed E-state index contributed by atoms with van der Waals surface area (Å²) in [6, 6.07) is 10.7. The SMILES string of the molecule is CC(C)C(N)CSc1ccccc1. The summed E-state index contributed by atoms with van der Waals surface area (Å²) >= 11 is 1.83. The summed E-state index contributed by atoms with van der Waals surface area (Å²) in [6.07, 6.45) is 0. The molecular formula is C11H17NS. The minimum atomic E-state index is 0.296. The minimum absolute atomic E-state index is 0.296. The monoisotopic (exact) mass is 195 g/mol. The molecule has 72 valence electrons. The minimum Gasteiger partial charge on any atom is -0.327 e. The smallest absolute Gasteiger partial charge is 0.0157 e. The zero-order valence-electron chi connectivity index (χ0n) is 8.23. The van der Waals surface area contributed by atoms with Crippen LogP contribution in [0.5, 0.6) is 0 Å². The first-order valence-corrected chi connectivity index (χ1v) is 5.62. The number of nitrogens with two attached hydrogens (primary N) is 1. The van der Waals surface area contributed by atoms with Gasteiger partial charge < -0.3 is 5.73 Å². The molecule has 0 aliphatic heterocycles. The molecule has 1 atom stereocenters. The molecule has 1 aromatic carbocycles. The molecule has 0 aliphatic carbocycles. The average molecular weight is 195 g/mol. The van der Waals surface area contributed by atoms with E-state index in [1.165, 1.54) is 4.90 Å². The van der Waals surface area contributed by atoms with E-state index < -0.39 is 0 Å². The molecule has 0 spiro atoms. The third-order valence-electron chi connectivity index (χ3n) is 2.04. The third kappa shape index (κ3) is 3.83. The number of benzene rings is 1. The van der Waals surface area contributed by atoms with Gasteiger partial charge in [-0.2, -0.15) is 0 Å². The van der Waals surface area contributed by atoms with Crippen LogP contribution in [-0.2, 0) is 0 Å². The van der Waals surface area contributed by atoms with Gasteiger partial charge >= 0.3 is 0 Å². The number of rotatable bonds is 4. The van der Waals surface area contributed by atoms with E-state index in [1.807, 2.05) is 17.8 Å². The maximum atomic E-state index is 5.94. The lowest BCUT2D eigenvalue weighted by atomic mass is 10.1. The standard InChI is InChI=1S/C11H17NS/c1-9(2)11(12)8-13-10-6-4-3-5-7-10/h3-7,9,11H,8,12H2,1-2H3. The zero-order chi connectivity index (χ0) is 9.68. The van der Waals surface area contributed by atoms with Crippen LogP contribution in [0.1, 0.15) is 13.8 Å². The van der Waals surface area contributed by atoms with Gasteiger partial charge in [-0.15, -0.1) is 11.8 Å². The summed E-state index contributed by atoms with van der Waals surface area (Å²) in [7, 11) is 0. The second-order valence-electron chi connectivity index (χ2n) is 3.53. The van der Waals surface area contributed by atoms with Crippen LogP contribution in [-0.4, -0.2) is 11.8 Å². The van der Waals surface area contributed by atoms with Gasteiger partial charge in [0.1, 0.15) is 0 Å². The third-order valence-corrected chi connectivity index (χ3v) is 3.20. The molecule has 2 N–H and O–H groups in total. The highest BCUT2D eigenvalue weighted by atomic mass is 32.2. The summed E-state index contributed by atoms with van der Waals surface area (Å²) < 4.78 is 0. The number of hydrogen-bond acceptors (Lipinski definition) is 2. The molecule has 0 fully saturated rings. The Morgan fingerprint density at radius 1 is 1.23 bits per heavy atom. The van der Waals surface area contributed by atoms with Crippen molar-refractivity contribution in [3.8, 4) is 0 Å². The predicted octanol–water partition coefficient (Wildman–Crippen LogP) is 2.76. The van der Waals surface area contributed by atoms with E-state index in [0.717, 1.165) is 5.75 Å². The summed E-state index contributed by atoms with van der Waals surface area (Å²) in [5, 5.41) is 0. The summed E-state index contributed by atoms with van der Waals surface area (Å²) in [4.78, 5) is 1.30. The van der Waals surface area contributed by atoms with Gasteiger partial charge in [0, 0.05) is 16.7 Å². The number of thioether (sulfide) groups is 1. The molecule has 2 heteroatoms. The predicted molar refractivity (Wildman–Crippen MR) is 60.0 cm³/mol. The fourth-order valence-electron chi connectivity index (χ4n) is 0.902. The van der Waals surface area contributed by atoms with Crippen molar-refractivity contribution >= 4 is 11.8 Å². The van der Waals surface area contributed by atoms with Crippen LogP contribution in [0, 0.1) is 5.92 Å². The van der Waals surface area contributed by atoms with E-state index in [1.54, 1.807) is 0 Å². The van der Waals surface area contributed by atoms with Crippen molar-refractivity contribution in [1.82, 2.24) is 0 Å². The highest BCUT2D eigenvalue weighted by Gasteiger charge is 2.07. The second-order valence-corrected chi connectivity index (χ2v) is 4.63. The lowest BCUT2D eigenvalue weighted by molar-refractivity contribution is 0.535. The molecule has 0 saturated heterocycles. The molecule has 0 heterocycles. The van der Waals surface area contributed by atoms with E-state index in [-0.39, 0.29) is 0 Å². The highest BCUT2D eigenvalue weighted by molar-refractivity contribution is 7.99. The molecule has 1 unspecified atom stereocenters. The van der Waals surface area contributed by atoms with Crippen molar-refractivity contribution < 1.29 is 0 Å². The van der Waals surface area contributed by atoms with Crippen molar-refractivity contribution in [2.75, 3.05) is 5.75 Å². The Morgan fingerprint density at radius 3 is 2.38 bits per heavy atom. The van der Waals surface area contributed by atoms with Crippen molar-refractivity contribution in [2.45, 2.75) is 24.8 Å². The Labute approximate surface area is 84.7 Å². The van der Waals surface area contributed by atoms with Gasteiger partial charge in [-0.1, -0.05) is 32.0 Å². The number of hydrogen-bond donors (Lipinski definition) is 1. The first-order valence-electron chi connectivity index (χ1n) is 4.63. The van der Waals surface area contributed by atoms with Crippen LogP contribution in [0.25, 0.3) is 0 Å². The first kappa shape index (κ1) is 10.6. The Kier molecular flexibility index (Phi) is 4.33. The van der Waals surface area contributed by atoms with Crippen LogP contribution < -0.4 is 5.73 Å². The van der Waals surface area contributed by atoms with Gasteiger partial charge in [0.05, 0.1) is 0 Å². The quantitative estimate of drug-likeness (QED) is 0.748. The summed E-state index contributed by atoms with van der Waals surface area (Å²) in [6.45, 7) is 4.33. The maximum Gasteiger partial charge on any atom is 0.0157 e. The van der Waals surface area contributed by atoms with Crippen LogP contribution in [0.4, 0.5) is 0 Å². The Balaban J connectivity index is 2.35. The molecule has 0 aliphatic rings. The van der Waals surface area contributed by atoms with Gasteiger partial charge in [0.25, 0.3) is 0 Å². The molecule has 0 aromatic heterocycles. The topological polar surface area (TPSA) is 26.0 Å². The molecular weight excluding hydrogens is 178 g/mol. The Morgan fingerprint density at radius 2 is 1.85 bits per heavy atom. The fourth-order valence-corrected chi connectivity index (χ4v) is 2.02. The van der Waals surface area contributed by atoms with Gasteiger partial charge in [-0.05, 0) is 18.1 Å². The van der Waals surface area contributed by atoms with Gasteiger partial charge in [-0.25, -0.2) is 0 Å². The van der Waals surface area contributed by atoms with Gasteiger partial charge in [-0.3, -0.25) is 0 Å². The van der Waals surface area contributed by atoms with Crippen molar-refractivity contribution in [1.29, 1.82) is 0 Å². The normalized spacial score (nSPS) is 13.2. The molecule has 0 saturated carbocycles. The molecule has 13 heavy (non-hydrogen) atoms. The molecule has 0 radical (unpaired) electrons. The van der Waals surface area contributed by atoms with E-state index in [9.17, 15) is 0 Å². The van der Waals surface area contributed by atoms with Crippen molar-refractivity contribution in [3.05, 3.63) is 30.3 Å². The Bertz CT molecular complexity index is 233. The molecule has 1 aromatic rings. The lowest BCUT2D eigenvalue weighted by Crippen LogP contribution is -2.28. The first-order chi connectivity index (χ1) is 6.20. The fraction of sp³-hybridized carbons (Fsp3) is 0.455. The van der Waals surface area contributed by atoms with Crippen LogP contribution in [0.2, 0.25) is 0 Å². The second kappa shape index (κ2) is 5.30. The van der Waals surface area contributed by atoms with Crippen LogP contribution in [0.15, 0.2) is 35.2 Å². The van der Waals surface area contributed by atoms with E-state index in [0.29, 0.717) is 12.0 Å². The van der Waals surface area contributed by atoms with E-state index in [4.69, 9.17) is 5.73 Å². The molecule has 0 bridgehead atoms. The van der Waals surface area contributed by atoms with E-state index in [2.05, 4.69) is 38.1 Å². The molecule has 0 amide bonds. The summed E-state index contributed by atoms with van der Waals surface area (Å²) in [5.74, 6) is 1.57. The summed E-state index contributed by atoms with van der Waals surface area (Å²) in [5.41, 5.74) is 5.94. The van der Waals surface area contributed by atoms with Gasteiger partial charge in [0.2, 0.25) is 0 Å². The van der Waals surface area contributed by atoms with Crippen LogP contribution in [0.3, 0.4) is 0 Å². The zero-order valence-corrected chi connectivity index (χ0v) is 9.05. The average Bonchev–Trinajstić information content (AvgIpc) is 2.15. The van der Waals surface area contributed by atoms with Crippen molar-refractivity contribution in [3.63, 3.8) is 0 Å². The van der Waals surface area contributed by atoms with Crippen LogP contribution >= 0.6 is 11.8 Å². The van der Waals surface area contributed by atoms with Gasteiger partial charge in [0.15, 0.2) is 0 Å². The molecule has 1 nitrogen and oxygen atoms in total. The lowest BCUT2D eigenvalue weighted by Gasteiger charge is -2.14. The van der Waals surface area contributed by atoms with Crippen molar-refractivity contribution in [2.24, 2.45) is 11.7 Å². The highest BCUT2D eigenvalue weighted by Crippen LogP contribution is 2.19. The van der Waals surface area contributed by atoms with E-state index >= 15 is 0 Å². The Hall–Kier alpha value is -0.470. The largest absolute Gasteiger partial charge is 0.327 e. The maximum absolute atomic E-state index is 5.94. The molecule has 1 rings (SSSR count).